The zero-order valence-corrected chi connectivity index (χ0v) is 18.6. The lowest BCUT2D eigenvalue weighted by atomic mass is 9.94. The molecule has 2 aliphatic rings. The van der Waals surface area contributed by atoms with Crippen LogP contribution in [0, 0.1) is 0 Å². The molecule has 1 atom stereocenters. The Labute approximate surface area is 175 Å². The maximum absolute atomic E-state index is 12.6. The fourth-order valence-electron chi connectivity index (χ4n) is 4.55. The zero-order chi connectivity index (χ0) is 20.9. The van der Waals surface area contributed by atoms with E-state index in [0.717, 1.165) is 12.0 Å². The van der Waals surface area contributed by atoms with Crippen LogP contribution in [0.25, 0.3) is 0 Å². The standard InChI is InChI=1S/C22H35N3O3S/c1-3-16-29(27,28)25-15-7-10-21(25)22(26)23-17-18-11-13-20(14-12-18)24(2)19-8-5-4-6-9-19/h11-14,19,21H,3-10,15-17H2,1-2H3,(H,23,26). The van der Waals surface area contributed by atoms with Crippen molar-refractivity contribution >= 4 is 21.6 Å². The van der Waals surface area contributed by atoms with Crippen LogP contribution >= 0.6 is 0 Å². The molecular formula is C22H35N3O3S. The van der Waals surface area contributed by atoms with Gasteiger partial charge >= 0.3 is 0 Å². The van der Waals surface area contributed by atoms with Crippen LogP contribution in [0.15, 0.2) is 24.3 Å². The van der Waals surface area contributed by atoms with Crippen molar-refractivity contribution in [1.82, 2.24) is 9.62 Å². The molecule has 1 aromatic rings. The Balaban J connectivity index is 1.55. The summed E-state index contributed by atoms with van der Waals surface area (Å²) in [6.07, 6.45) is 8.38. The summed E-state index contributed by atoms with van der Waals surface area (Å²) in [7, 11) is -1.18. The van der Waals surface area contributed by atoms with Gasteiger partial charge in [0.05, 0.1) is 5.75 Å². The molecule has 1 saturated heterocycles. The van der Waals surface area contributed by atoms with E-state index >= 15 is 0 Å². The first-order valence-electron chi connectivity index (χ1n) is 11.0. The summed E-state index contributed by atoms with van der Waals surface area (Å²) in [5.41, 5.74) is 2.24. The molecule has 1 heterocycles. The van der Waals surface area contributed by atoms with Gasteiger partial charge in [-0.25, -0.2) is 8.42 Å². The second-order valence-corrected chi connectivity index (χ2v) is 10.4. The molecule has 1 amide bonds. The lowest BCUT2D eigenvalue weighted by molar-refractivity contribution is -0.124. The van der Waals surface area contributed by atoms with Crippen molar-refractivity contribution < 1.29 is 13.2 Å². The van der Waals surface area contributed by atoms with Crippen LogP contribution in [0.5, 0.6) is 0 Å². The molecular weight excluding hydrogens is 386 g/mol. The molecule has 1 aliphatic heterocycles. The number of rotatable bonds is 8. The van der Waals surface area contributed by atoms with Gasteiger partial charge in [0.1, 0.15) is 6.04 Å². The Bertz CT molecular complexity index is 773. The van der Waals surface area contributed by atoms with Crippen molar-refractivity contribution in [2.24, 2.45) is 0 Å². The molecule has 1 saturated carbocycles. The minimum absolute atomic E-state index is 0.104. The zero-order valence-electron chi connectivity index (χ0n) is 17.8. The van der Waals surface area contributed by atoms with E-state index in [2.05, 4.69) is 41.5 Å². The van der Waals surface area contributed by atoms with Gasteiger partial charge in [-0.2, -0.15) is 4.31 Å². The molecule has 7 heteroatoms. The third kappa shape index (κ3) is 5.51. The van der Waals surface area contributed by atoms with Gasteiger partial charge in [-0.3, -0.25) is 4.79 Å². The molecule has 162 valence electrons. The average Bonchev–Trinajstić information content (AvgIpc) is 3.24. The van der Waals surface area contributed by atoms with Gasteiger partial charge in [0, 0.05) is 31.9 Å². The van der Waals surface area contributed by atoms with E-state index in [0.29, 0.717) is 32.0 Å². The number of hydrogen-bond donors (Lipinski definition) is 1. The Hall–Kier alpha value is -1.60. The van der Waals surface area contributed by atoms with E-state index in [1.807, 2.05) is 6.92 Å². The van der Waals surface area contributed by atoms with Gasteiger partial charge in [-0.1, -0.05) is 38.3 Å². The van der Waals surface area contributed by atoms with Crippen LogP contribution in [-0.4, -0.2) is 50.1 Å². The summed E-state index contributed by atoms with van der Waals surface area (Å²) in [4.78, 5) is 15.0. The monoisotopic (exact) mass is 421 g/mol. The van der Waals surface area contributed by atoms with Gasteiger partial charge in [-0.05, 0) is 49.8 Å². The molecule has 29 heavy (non-hydrogen) atoms. The first-order chi connectivity index (χ1) is 13.9. The topological polar surface area (TPSA) is 69.7 Å². The van der Waals surface area contributed by atoms with Crippen LogP contribution in [0.3, 0.4) is 0 Å². The van der Waals surface area contributed by atoms with E-state index in [-0.39, 0.29) is 11.7 Å². The fourth-order valence-corrected chi connectivity index (χ4v) is 6.29. The predicted octanol–water partition coefficient (Wildman–Crippen LogP) is 3.28. The molecule has 0 spiro atoms. The lowest BCUT2D eigenvalue weighted by Crippen LogP contribution is -2.46. The third-order valence-electron chi connectivity index (χ3n) is 6.26. The van der Waals surface area contributed by atoms with Crippen molar-refractivity contribution in [1.29, 1.82) is 0 Å². The fraction of sp³-hybridized carbons (Fsp3) is 0.682. The minimum atomic E-state index is -3.35. The van der Waals surface area contributed by atoms with Gasteiger partial charge < -0.3 is 10.2 Å². The first-order valence-corrected chi connectivity index (χ1v) is 12.6. The molecule has 2 fully saturated rings. The van der Waals surface area contributed by atoms with Crippen LogP contribution in [0.1, 0.15) is 63.9 Å². The van der Waals surface area contributed by atoms with E-state index in [9.17, 15) is 13.2 Å². The summed E-state index contributed by atoms with van der Waals surface area (Å²) in [5.74, 6) is -0.0854. The Morgan fingerprint density at radius 2 is 1.79 bits per heavy atom. The molecule has 0 radical (unpaired) electrons. The second kappa shape index (κ2) is 9.94. The highest BCUT2D eigenvalue weighted by molar-refractivity contribution is 7.89. The van der Waals surface area contributed by atoms with Crippen LogP contribution in [0.4, 0.5) is 5.69 Å². The quantitative estimate of drug-likeness (QED) is 0.699. The predicted molar refractivity (Wildman–Crippen MR) is 117 cm³/mol. The van der Waals surface area contributed by atoms with Crippen LogP contribution in [-0.2, 0) is 21.4 Å². The Morgan fingerprint density at radius 1 is 1.10 bits per heavy atom. The molecule has 0 aromatic heterocycles. The van der Waals surface area contributed by atoms with Crippen molar-refractivity contribution in [3.05, 3.63) is 29.8 Å². The SMILES string of the molecule is CCCS(=O)(=O)N1CCCC1C(=O)NCc1ccc(N(C)C2CCCCC2)cc1. The average molecular weight is 422 g/mol. The number of anilines is 1. The highest BCUT2D eigenvalue weighted by atomic mass is 32.2. The van der Waals surface area contributed by atoms with Gasteiger partial charge in [0.25, 0.3) is 0 Å². The summed E-state index contributed by atoms with van der Waals surface area (Å²) in [5, 5.41) is 2.94. The largest absolute Gasteiger partial charge is 0.372 e. The molecule has 1 aliphatic carbocycles. The van der Waals surface area contributed by atoms with Gasteiger partial charge in [0.15, 0.2) is 0 Å². The Morgan fingerprint density at radius 3 is 2.45 bits per heavy atom. The van der Waals surface area contributed by atoms with Crippen molar-refractivity contribution in [2.75, 3.05) is 24.2 Å². The van der Waals surface area contributed by atoms with E-state index < -0.39 is 16.1 Å². The normalized spacial score (nSPS) is 21.2. The number of benzene rings is 1. The van der Waals surface area contributed by atoms with E-state index in [4.69, 9.17) is 0 Å². The molecule has 1 unspecified atom stereocenters. The summed E-state index contributed by atoms with van der Waals surface area (Å²) in [6.45, 7) is 2.71. The third-order valence-corrected chi connectivity index (χ3v) is 8.33. The smallest absolute Gasteiger partial charge is 0.238 e. The van der Waals surface area contributed by atoms with Crippen molar-refractivity contribution in [3.63, 3.8) is 0 Å². The maximum atomic E-state index is 12.6. The number of carbonyl (C=O) groups is 1. The Kier molecular flexibility index (Phi) is 7.57. The van der Waals surface area contributed by atoms with Gasteiger partial charge in [-0.15, -0.1) is 0 Å². The number of nitrogens with one attached hydrogen (secondary N) is 1. The number of hydrogen-bond acceptors (Lipinski definition) is 4. The van der Waals surface area contributed by atoms with Gasteiger partial charge in [0.2, 0.25) is 15.9 Å². The van der Waals surface area contributed by atoms with E-state index in [1.54, 1.807) is 0 Å². The van der Waals surface area contributed by atoms with Crippen LogP contribution < -0.4 is 10.2 Å². The molecule has 3 rings (SSSR count). The minimum Gasteiger partial charge on any atom is -0.372 e. The lowest BCUT2D eigenvalue weighted by Gasteiger charge is -2.33. The highest BCUT2D eigenvalue weighted by Gasteiger charge is 2.37. The second-order valence-electron chi connectivity index (χ2n) is 8.37. The molecule has 1 N–H and O–H groups in total. The van der Waals surface area contributed by atoms with Crippen molar-refractivity contribution in [3.8, 4) is 0 Å². The highest BCUT2D eigenvalue weighted by Crippen LogP contribution is 2.26. The summed E-state index contributed by atoms with van der Waals surface area (Å²) >= 11 is 0. The number of amides is 1. The van der Waals surface area contributed by atoms with Crippen LogP contribution in [0.2, 0.25) is 0 Å². The first kappa shape index (κ1) is 22.1. The summed E-state index contributed by atoms with van der Waals surface area (Å²) in [6, 6.07) is 8.38. The number of sulfonamides is 1. The molecule has 1 aromatic carbocycles. The van der Waals surface area contributed by atoms with Crippen molar-refractivity contribution in [2.45, 2.75) is 76.9 Å². The number of nitrogens with zero attached hydrogens (tertiary/aromatic N) is 2. The van der Waals surface area contributed by atoms with E-state index in [1.165, 1.54) is 42.1 Å². The molecule has 0 bridgehead atoms. The summed E-state index contributed by atoms with van der Waals surface area (Å²) < 4.78 is 26.2. The number of carbonyl (C=O) groups excluding carboxylic acids is 1. The maximum Gasteiger partial charge on any atom is 0.238 e. The molecule has 6 nitrogen and oxygen atoms in total.